The zero-order valence-corrected chi connectivity index (χ0v) is 9.21. The topological polar surface area (TPSA) is 77.0 Å². The highest BCUT2D eigenvalue weighted by molar-refractivity contribution is 5.82. The van der Waals surface area contributed by atoms with Gasteiger partial charge in [0, 0.05) is 20.3 Å². The summed E-state index contributed by atoms with van der Waals surface area (Å²) in [7, 11) is 3.42. The number of aromatic nitrogens is 3. The maximum Gasteiger partial charge on any atom is 0.242 e. The van der Waals surface area contributed by atoms with Crippen molar-refractivity contribution in [3.63, 3.8) is 0 Å². The van der Waals surface area contributed by atoms with Gasteiger partial charge in [0.05, 0.1) is 11.7 Å². The SMILES string of the molecule is CN(C)C(=O)Cn1c(N)nc2cnccc21. The molecular weight excluding hydrogens is 206 g/mol. The second-order valence-electron chi connectivity index (χ2n) is 3.71. The van der Waals surface area contributed by atoms with Crippen LogP contribution in [0.5, 0.6) is 0 Å². The van der Waals surface area contributed by atoms with Crippen LogP contribution in [0.15, 0.2) is 18.5 Å². The number of hydrogen-bond acceptors (Lipinski definition) is 4. The van der Waals surface area contributed by atoms with E-state index in [4.69, 9.17) is 5.73 Å². The molecule has 0 aliphatic heterocycles. The van der Waals surface area contributed by atoms with Crippen molar-refractivity contribution in [2.24, 2.45) is 0 Å². The summed E-state index contributed by atoms with van der Waals surface area (Å²) in [5.74, 6) is 0.306. The number of nitrogens with two attached hydrogens (primary N) is 1. The average Bonchev–Trinajstić information content (AvgIpc) is 2.55. The first-order chi connectivity index (χ1) is 7.59. The Morgan fingerprint density at radius 3 is 3.00 bits per heavy atom. The second-order valence-corrected chi connectivity index (χ2v) is 3.71. The highest BCUT2D eigenvalue weighted by Gasteiger charge is 2.12. The number of nitrogen functional groups attached to an aromatic ring is 1. The summed E-state index contributed by atoms with van der Waals surface area (Å²) in [6.45, 7) is 0.194. The van der Waals surface area contributed by atoms with Gasteiger partial charge in [-0.1, -0.05) is 0 Å². The van der Waals surface area contributed by atoms with E-state index in [0.29, 0.717) is 11.5 Å². The number of nitrogens with zero attached hydrogens (tertiary/aromatic N) is 4. The number of fused-ring (bicyclic) bond motifs is 1. The normalized spacial score (nSPS) is 10.6. The summed E-state index contributed by atoms with van der Waals surface area (Å²) in [6, 6.07) is 1.79. The van der Waals surface area contributed by atoms with E-state index < -0.39 is 0 Å². The fourth-order valence-electron chi connectivity index (χ4n) is 1.44. The minimum Gasteiger partial charge on any atom is -0.369 e. The van der Waals surface area contributed by atoms with Gasteiger partial charge in [-0.3, -0.25) is 9.78 Å². The summed E-state index contributed by atoms with van der Waals surface area (Å²) < 4.78 is 1.68. The molecule has 2 aromatic heterocycles. The molecule has 0 aromatic carbocycles. The fourth-order valence-corrected chi connectivity index (χ4v) is 1.44. The number of carbonyl (C=O) groups excluding carboxylic acids is 1. The van der Waals surface area contributed by atoms with Crippen molar-refractivity contribution >= 4 is 22.9 Å². The Balaban J connectivity index is 2.44. The van der Waals surface area contributed by atoms with Crippen molar-refractivity contribution in [3.05, 3.63) is 18.5 Å². The molecule has 16 heavy (non-hydrogen) atoms. The van der Waals surface area contributed by atoms with Gasteiger partial charge in [-0.05, 0) is 6.07 Å². The third-order valence-corrected chi connectivity index (χ3v) is 2.37. The van der Waals surface area contributed by atoms with Crippen molar-refractivity contribution in [1.29, 1.82) is 0 Å². The molecule has 0 saturated heterocycles. The molecular formula is C10H13N5O. The zero-order valence-electron chi connectivity index (χ0n) is 9.21. The lowest BCUT2D eigenvalue weighted by Gasteiger charge is -2.11. The first kappa shape index (κ1) is 10.4. The molecule has 2 aromatic rings. The Hall–Kier alpha value is -2.11. The van der Waals surface area contributed by atoms with E-state index in [0.717, 1.165) is 5.52 Å². The van der Waals surface area contributed by atoms with E-state index >= 15 is 0 Å². The number of likely N-dealkylation sites (N-methyl/N-ethyl adjacent to an activating group) is 1. The Morgan fingerprint density at radius 2 is 2.31 bits per heavy atom. The Morgan fingerprint density at radius 1 is 1.56 bits per heavy atom. The summed E-state index contributed by atoms with van der Waals surface area (Å²) in [5.41, 5.74) is 7.28. The number of carbonyl (C=O) groups is 1. The van der Waals surface area contributed by atoms with E-state index in [2.05, 4.69) is 9.97 Å². The van der Waals surface area contributed by atoms with E-state index in [1.54, 1.807) is 37.1 Å². The quantitative estimate of drug-likeness (QED) is 0.777. The molecule has 6 nitrogen and oxygen atoms in total. The number of pyridine rings is 1. The molecule has 0 saturated carbocycles. The third kappa shape index (κ3) is 1.69. The van der Waals surface area contributed by atoms with Crippen LogP contribution in [0.4, 0.5) is 5.95 Å². The van der Waals surface area contributed by atoms with Gasteiger partial charge < -0.3 is 15.2 Å². The van der Waals surface area contributed by atoms with Gasteiger partial charge in [0.25, 0.3) is 0 Å². The minimum atomic E-state index is -0.0252. The van der Waals surface area contributed by atoms with Gasteiger partial charge >= 0.3 is 0 Å². The summed E-state index contributed by atoms with van der Waals surface area (Å²) >= 11 is 0. The van der Waals surface area contributed by atoms with Crippen LogP contribution < -0.4 is 5.73 Å². The average molecular weight is 219 g/mol. The van der Waals surface area contributed by atoms with Crippen LogP contribution in [-0.4, -0.2) is 39.4 Å². The van der Waals surface area contributed by atoms with E-state index in [1.807, 2.05) is 0 Å². The molecule has 0 fully saturated rings. The molecule has 2 rings (SSSR count). The van der Waals surface area contributed by atoms with Crippen molar-refractivity contribution in [3.8, 4) is 0 Å². The second kappa shape index (κ2) is 3.80. The van der Waals surface area contributed by atoms with Gasteiger partial charge in [0.2, 0.25) is 11.9 Å². The molecule has 0 spiro atoms. The van der Waals surface area contributed by atoms with Crippen LogP contribution >= 0.6 is 0 Å². The number of rotatable bonds is 2. The van der Waals surface area contributed by atoms with Crippen LogP contribution in [0.1, 0.15) is 0 Å². The molecule has 1 amide bonds. The van der Waals surface area contributed by atoms with Crippen LogP contribution in [0.25, 0.3) is 11.0 Å². The zero-order chi connectivity index (χ0) is 11.7. The maximum absolute atomic E-state index is 11.6. The van der Waals surface area contributed by atoms with Crippen LogP contribution in [0.3, 0.4) is 0 Å². The number of anilines is 1. The largest absolute Gasteiger partial charge is 0.369 e. The predicted molar refractivity (Wildman–Crippen MR) is 60.6 cm³/mol. The van der Waals surface area contributed by atoms with Gasteiger partial charge in [-0.2, -0.15) is 0 Å². The molecule has 0 aliphatic rings. The van der Waals surface area contributed by atoms with E-state index in [1.165, 1.54) is 4.90 Å². The van der Waals surface area contributed by atoms with Gasteiger partial charge in [0.15, 0.2) is 0 Å². The van der Waals surface area contributed by atoms with Gasteiger partial charge in [-0.25, -0.2) is 4.98 Å². The Bertz CT molecular complexity index is 531. The molecule has 6 heteroatoms. The molecule has 0 unspecified atom stereocenters. The van der Waals surface area contributed by atoms with Crippen LogP contribution in [-0.2, 0) is 11.3 Å². The van der Waals surface area contributed by atoms with Crippen molar-refractivity contribution in [2.45, 2.75) is 6.54 Å². The monoisotopic (exact) mass is 219 g/mol. The molecule has 0 atom stereocenters. The van der Waals surface area contributed by atoms with E-state index in [9.17, 15) is 4.79 Å². The minimum absolute atomic E-state index is 0.0252. The third-order valence-electron chi connectivity index (χ3n) is 2.37. The van der Waals surface area contributed by atoms with Crippen LogP contribution in [0.2, 0.25) is 0 Å². The smallest absolute Gasteiger partial charge is 0.242 e. The lowest BCUT2D eigenvalue weighted by atomic mass is 10.4. The van der Waals surface area contributed by atoms with Crippen molar-refractivity contribution in [2.75, 3.05) is 19.8 Å². The van der Waals surface area contributed by atoms with Gasteiger partial charge in [-0.15, -0.1) is 0 Å². The molecule has 2 heterocycles. The first-order valence-electron chi connectivity index (χ1n) is 4.85. The highest BCUT2D eigenvalue weighted by atomic mass is 16.2. The number of amides is 1. The molecule has 0 aliphatic carbocycles. The summed E-state index contributed by atoms with van der Waals surface area (Å²) in [6.07, 6.45) is 3.28. The van der Waals surface area contributed by atoms with Crippen LogP contribution in [0, 0.1) is 0 Å². The first-order valence-corrected chi connectivity index (χ1v) is 4.85. The van der Waals surface area contributed by atoms with Crippen molar-refractivity contribution in [1.82, 2.24) is 19.4 Å². The van der Waals surface area contributed by atoms with Gasteiger partial charge in [0.1, 0.15) is 12.1 Å². The lowest BCUT2D eigenvalue weighted by Crippen LogP contribution is -2.26. The molecule has 0 bridgehead atoms. The molecule has 0 radical (unpaired) electrons. The Kier molecular flexibility index (Phi) is 2.47. The number of hydrogen-bond donors (Lipinski definition) is 1. The highest BCUT2D eigenvalue weighted by Crippen LogP contribution is 2.16. The standard InChI is InChI=1S/C10H13N5O/c1-14(2)9(16)6-15-8-3-4-12-5-7(8)13-10(15)11/h3-5H,6H2,1-2H3,(H2,11,13). The summed E-state index contributed by atoms with van der Waals surface area (Å²) in [5, 5.41) is 0. The van der Waals surface area contributed by atoms with Crippen molar-refractivity contribution < 1.29 is 4.79 Å². The maximum atomic E-state index is 11.6. The fraction of sp³-hybridized carbons (Fsp3) is 0.300. The lowest BCUT2D eigenvalue weighted by molar-refractivity contribution is -0.129. The number of imidazole rings is 1. The Labute approximate surface area is 92.7 Å². The molecule has 84 valence electrons. The van der Waals surface area contributed by atoms with E-state index in [-0.39, 0.29) is 12.5 Å². The summed E-state index contributed by atoms with van der Waals surface area (Å²) in [4.78, 5) is 21.2. The predicted octanol–water partition coefficient (Wildman–Crippen LogP) is 0.102. The molecule has 2 N–H and O–H groups in total.